The van der Waals surface area contributed by atoms with Crippen LogP contribution < -0.4 is 0 Å². The van der Waals surface area contributed by atoms with Crippen molar-refractivity contribution in [2.75, 3.05) is 0 Å². The second-order valence-electron chi connectivity index (χ2n) is 14.8. The van der Waals surface area contributed by atoms with E-state index in [0.29, 0.717) is 5.92 Å². The minimum atomic E-state index is -0.0314. The lowest BCUT2D eigenvalue weighted by Gasteiger charge is -2.41. The van der Waals surface area contributed by atoms with Crippen LogP contribution in [0.4, 0.5) is 0 Å². The molecule has 1 heteroatoms. The minimum Gasteiger partial charge on any atom is -0.393 e. The predicted octanol–water partition coefficient (Wildman–Crippen LogP) is 11.1. The molecule has 1 nitrogen and oxygen atoms in total. The summed E-state index contributed by atoms with van der Waals surface area (Å²) in [7, 11) is 0. The van der Waals surface area contributed by atoms with Gasteiger partial charge in [-0.25, -0.2) is 0 Å². The van der Waals surface area contributed by atoms with Crippen molar-refractivity contribution in [2.24, 2.45) is 47.3 Å². The maximum absolute atomic E-state index is 10.1. The van der Waals surface area contributed by atoms with Crippen LogP contribution in [0, 0.1) is 47.3 Å². The van der Waals surface area contributed by atoms with Crippen molar-refractivity contribution in [1.29, 1.82) is 0 Å². The van der Waals surface area contributed by atoms with Crippen molar-refractivity contribution in [3.63, 3.8) is 0 Å². The Morgan fingerprint density at radius 1 is 0.459 bits per heavy atom. The van der Waals surface area contributed by atoms with Crippen LogP contribution in [0.3, 0.4) is 0 Å². The highest BCUT2D eigenvalue weighted by molar-refractivity contribution is 4.86. The molecule has 1 atom stereocenters. The van der Waals surface area contributed by atoms with Crippen LogP contribution in [0.15, 0.2) is 0 Å². The van der Waals surface area contributed by atoms with Crippen LogP contribution >= 0.6 is 0 Å². The van der Waals surface area contributed by atoms with Crippen molar-refractivity contribution >= 4 is 0 Å². The molecular weight excluding hydrogens is 448 g/mol. The molecule has 4 aliphatic rings. The summed E-state index contributed by atoms with van der Waals surface area (Å²) >= 11 is 0. The first kappa shape index (κ1) is 29.9. The molecule has 4 fully saturated rings. The first-order chi connectivity index (χ1) is 18.2. The lowest BCUT2D eigenvalue weighted by Crippen LogP contribution is -2.29. The van der Waals surface area contributed by atoms with Crippen molar-refractivity contribution < 1.29 is 5.11 Å². The van der Waals surface area contributed by atoms with Crippen molar-refractivity contribution in [1.82, 2.24) is 0 Å². The summed E-state index contributed by atoms with van der Waals surface area (Å²) in [5.74, 6) is 8.06. The molecule has 0 heterocycles. The third-order valence-corrected chi connectivity index (χ3v) is 12.5. The van der Waals surface area contributed by atoms with E-state index in [0.717, 1.165) is 47.8 Å². The van der Waals surface area contributed by atoms with E-state index in [2.05, 4.69) is 13.8 Å². The van der Waals surface area contributed by atoms with E-state index in [1.807, 2.05) is 0 Å². The number of hydrogen-bond donors (Lipinski definition) is 1. The Labute approximate surface area is 232 Å². The van der Waals surface area contributed by atoms with Gasteiger partial charge in [-0.2, -0.15) is 0 Å². The zero-order valence-corrected chi connectivity index (χ0v) is 25.3. The molecule has 1 N–H and O–H groups in total. The maximum Gasteiger partial charge on any atom is 0.0565 e. The van der Waals surface area contributed by atoms with Crippen molar-refractivity contribution in [3.8, 4) is 0 Å². The van der Waals surface area contributed by atoms with E-state index < -0.39 is 0 Å². The monoisotopic (exact) mass is 515 g/mol. The van der Waals surface area contributed by atoms with Gasteiger partial charge in [0.1, 0.15) is 0 Å². The smallest absolute Gasteiger partial charge is 0.0565 e. The Hall–Kier alpha value is -0.0400. The highest BCUT2D eigenvalue weighted by atomic mass is 16.3. The molecular formula is C36H66O. The molecule has 0 spiro atoms. The van der Waals surface area contributed by atoms with Crippen LogP contribution in [0.25, 0.3) is 0 Å². The quantitative estimate of drug-likeness (QED) is 0.242. The molecule has 4 saturated carbocycles. The Balaban J connectivity index is 1.02. The second-order valence-corrected chi connectivity index (χ2v) is 14.8. The Bertz CT molecular complexity index is 567. The summed E-state index contributed by atoms with van der Waals surface area (Å²) in [6.45, 7) is 4.48. The van der Waals surface area contributed by atoms with Gasteiger partial charge in [-0.3, -0.25) is 0 Å². The first-order valence-corrected chi connectivity index (χ1v) is 17.8. The third kappa shape index (κ3) is 9.53. The average Bonchev–Trinajstić information content (AvgIpc) is 2.96. The summed E-state index contributed by atoms with van der Waals surface area (Å²) < 4.78 is 0. The zero-order chi connectivity index (χ0) is 25.9. The third-order valence-electron chi connectivity index (χ3n) is 12.5. The molecule has 0 amide bonds. The van der Waals surface area contributed by atoms with Gasteiger partial charge in [-0.05, 0) is 118 Å². The highest BCUT2D eigenvalue weighted by Crippen LogP contribution is 2.47. The number of hydrogen-bond acceptors (Lipinski definition) is 1. The molecule has 0 aliphatic heterocycles. The highest BCUT2D eigenvalue weighted by Gasteiger charge is 2.34. The molecule has 37 heavy (non-hydrogen) atoms. The molecule has 0 aromatic heterocycles. The van der Waals surface area contributed by atoms with Gasteiger partial charge in [0, 0.05) is 0 Å². The Morgan fingerprint density at radius 2 is 0.784 bits per heavy atom. The van der Waals surface area contributed by atoms with E-state index >= 15 is 0 Å². The van der Waals surface area contributed by atoms with E-state index in [1.165, 1.54) is 77.0 Å². The maximum atomic E-state index is 10.1. The standard InChI is InChI=1S/C36H66O/c1-3-5-6-9-28-12-18-31(19-13-28)33-24-26-34(27-25-33)32-20-14-29(15-21-32)10-7-8-11-30-16-22-35(23-17-30)36(37)4-2/h28-37H,3-27H2,1-2H3. The largest absolute Gasteiger partial charge is 0.393 e. The van der Waals surface area contributed by atoms with Gasteiger partial charge in [0.2, 0.25) is 0 Å². The van der Waals surface area contributed by atoms with Gasteiger partial charge < -0.3 is 5.11 Å². The van der Waals surface area contributed by atoms with Gasteiger partial charge in [0.05, 0.1) is 6.10 Å². The summed E-state index contributed by atoms with van der Waals surface area (Å²) in [6.07, 6.45) is 36.8. The van der Waals surface area contributed by atoms with Crippen LogP contribution in [-0.4, -0.2) is 11.2 Å². The van der Waals surface area contributed by atoms with E-state index in [-0.39, 0.29) is 6.10 Å². The average molecular weight is 515 g/mol. The fourth-order valence-corrected chi connectivity index (χ4v) is 9.73. The van der Waals surface area contributed by atoms with Crippen molar-refractivity contribution in [2.45, 2.75) is 180 Å². The summed E-state index contributed by atoms with van der Waals surface area (Å²) in [5, 5.41) is 10.1. The molecule has 0 saturated heterocycles. The lowest BCUT2D eigenvalue weighted by molar-refractivity contribution is 0.0692. The number of aliphatic hydroxyl groups is 1. The van der Waals surface area contributed by atoms with E-state index in [4.69, 9.17) is 0 Å². The van der Waals surface area contributed by atoms with Crippen LogP contribution in [-0.2, 0) is 0 Å². The van der Waals surface area contributed by atoms with Gasteiger partial charge in [-0.15, -0.1) is 0 Å². The first-order valence-electron chi connectivity index (χ1n) is 17.8. The normalized spacial score (nSPS) is 38.4. The number of rotatable bonds is 13. The number of aliphatic hydroxyl groups excluding tert-OH is 1. The molecule has 0 aromatic rings. The Kier molecular flexibility index (Phi) is 13.2. The summed E-state index contributed by atoms with van der Waals surface area (Å²) in [5.41, 5.74) is 0. The van der Waals surface area contributed by atoms with Crippen LogP contribution in [0.1, 0.15) is 174 Å². The molecule has 0 radical (unpaired) electrons. The van der Waals surface area contributed by atoms with Gasteiger partial charge in [-0.1, -0.05) is 104 Å². The predicted molar refractivity (Wildman–Crippen MR) is 161 cm³/mol. The molecule has 4 rings (SSSR count). The summed E-state index contributed by atoms with van der Waals surface area (Å²) in [4.78, 5) is 0. The topological polar surface area (TPSA) is 20.2 Å². The van der Waals surface area contributed by atoms with Gasteiger partial charge in [0.15, 0.2) is 0 Å². The second kappa shape index (κ2) is 16.3. The van der Waals surface area contributed by atoms with E-state index in [1.54, 1.807) is 77.0 Å². The minimum absolute atomic E-state index is 0.0314. The van der Waals surface area contributed by atoms with Crippen LogP contribution in [0.5, 0.6) is 0 Å². The molecule has 1 unspecified atom stereocenters. The summed E-state index contributed by atoms with van der Waals surface area (Å²) in [6, 6.07) is 0. The Morgan fingerprint density at radius 3 is 1.14 bits per heavy atom. The van der Waals surface area contributed by atoms with Crippen molar-refractivity contribution in [3.05, 3.63) is 0 Å². The van der Waals surface area contributed by atoms with E-state index in [9.17, 15) is 5.11 Å². The molecule has 0 bridgehead atoms. The molecule has 0 aromatic carbocycles. The van der Waals surface area contributed by atoms with Crippen LogP contribution in [0.2, 0.25) is 0 Å². The molecule has 216 valence electrons. The zero-order valence-electron chi connectivity index (χ0n) is 25.3. The fraction of sp³-hybridized carbons (Fsp3) is 1.00. The SMILES string of the molecule is CCCCCC1CCC(C2CCC(C3CCC(CCCCC4CCC(C(O)CC)CC4)CC3)CC2)CC1. The number of unbranched alkanes of at least 4 members (excludes halogenated alkanes) is 3. The lowest BCUT2D eigenvalue weighted by atomic mass is 9.64. The fourth-order valence-electron chi connectivity index (χ4n) is 9.73. The van der Waals surface area contributed by atoms with Gasteiger partial charge in [0.25, 0.3) is 0 Å². The van der Waals surface area contributed by atoms with Gasteiger partial charge >= 0.3 is 0 Å². The molecule has 4 aliphatic carbocycles.